The molecule has 0 unspecified atom stereocenters. The minimum absolute atomic E-state index is 0.184. The van der Waals surface area contributed by atoms with Crippen LogP contribution in [0.5, 0.6) is 6.01 Å². The lowest BCUT2D eigenvalue weighted by Crippen LogP contribution is -2.32. The molecule has 0 bridgehead atoms. The van der Waals surface area contributed by atoms with E-state index in [2.05, 4.69) is 9.97 Å². The number of aromatic nitrogens is 3. The molecule has 1 atom stereocenters. The van der Waals surface area contributed by atoms with Gasteiger partial charge in [-0.25, -0.2) is 0 Å². The Morgan fingerprint density at radius 1 is 1.19 bits per heavy atom. The second-order valence-corrected chi connectivity index (χ2v) is 5.97. The number of rotatable bonds is 5. The van der Waals surface area contributed by atoms with Crippen LogP contribution in [0.2, 0.25) is 0 Å². The molecular weight excluding hydrogens is 336 g/mol. The Bertz CT molecular complexity index is 909. The summed E-state index contributed by atoms with van der Waals surface area (Å²) in [7, 11) is 0. The van der Waals surface area contributed by atoms with Crippen LogP contribution >= 0.6 is 0 Å². The lowest BCUT2D eigenvalue weighted by atomic mass is 10.1. The van der Waals surface area contributed by atoms with Crippen LogP contribution in [0.15, 0.2) is 55.0 Å². The summed E-state index contributed by atoms with van der Waals surface area (Å²) in [4.78, 5) is 18.1. The van der Waals surface area contributed by atoms with Crippen LogP contribution < -0.4 is 4.74 Å². The molecule has 0 saturated carbocycles. The number of pyridine rings is 1. The molecule has 0 spiro atoms. The highest BCUT2D eigenvalue weighted by atomic mass is 16.6. The van der Waals surface area contributed by atoms with Crippen molar-refractivity contribution in [2.24, 2.45) is 0 Å². The van der Waals surface area contributed by atoms with Crippen molar-refractivity contribution in [1.82, 2.24) is 14.5 Å². The molecule has 0 radical (unpaired) electrons. The van der Waals surface area contributed by atoms with Crippen molar-refractivity contribution in [3.63, 3.8) is 0 Å². The lowest BCUT2D eigenvalue weighted by molar-refractivity contribution is -0.389. The Hall–Kier alpha value is -3.26. The molecule has 8 heteroatoms. The molecule has 26 heavy (non-hydrogen) atoms. The Kier molecular flexibility index (Phi) is 4.32. The minimum Gasteiger partial charge on any atom is -0.443 e. The van der Waals surface area contributed by atoms with Gasteiger partial charge in [-0.1, -0.05) is 24.3 Å². The van der Waals surface area contributed by atoms with E-state index in [1.165, 1.54) is 6.20 Å². The van der Waals surface area contributed by atoms with E-state index in [-0.39, 0.29) is 17.9 Å². The van der Waals surface area contributed by atoms with Gasteiger partial charge in [0.2, 0.25) is 0 Å². The molecular formula is C18H16N4O4. The second kappa shape index (κ2) is 6.93. The van der Waals surface area contributed by atoms with Gasteiger partial charge in [0.15, 0.2) is 0 Å². The molecule has 2 aromatic heterocycles. The number of benzene rings is 1. The van der Waals surface area contributed by atoms with Crippen LogP contribution in [-0.2, 0) is 17.9 Å². The minimum atomic E-state index is -0.533. The zero-order valence-electron chi connectivity index (χ0n) is 13.8. The van der Waals surface area contributed by atoms with E-state index in [9.17, 15) is 10.1 Å². The predicted molar refractivity (Wildman–Crippen MR) is 92.6 cm³/mol. The molecule has 0 fully saturated rings. The normalized spacial score (nSPS) is 15.9. The predicted octanol–water partition coefficient (Wildman–Crippen LogP) is 2.83. The standard InChI is InChI=1S/C18H16N4O4/c23-22(24)17-10-21-9-16(12-26-18(21)20-17)25-11-13-1-3-14(4-2-13)15-5-7-19-8-6-15/h1-8,10,16H,9,11-12H2/t16-/m0/s1. The first-order valence-electron chi connectivity index (χ1n) is 8.14. The fraction of sp³-hybridized carbons (Fsp3) is 0.222. The average Bonchev–Trinajstić information content (AvgIpc) is 3.11. The highest BCUT2D eigenvalue weighted by Gasteiger charge is 2.28. The SMILES string of the molecule is O=[N+]([O-])c1cn2c(n1)OC[C@@H](OCc1ccc(-c3ccncc3)cc1)C2. The Balaban J connectivity index is 1.36. The quantitative estimate of drug-likeness (QED) is 0.518. The summed E-state index contributed by atoms with van der Waals surface area (Å²) in [6, 6.07) is 12.3. The van der Waals surface area contributed by atoms with E-state index >= 15 is 0 Å². The maximum Gasteiger partial charge on any atom is 0.414 e. The molecule has 1 aromatic carbocycles. The van der Waals surface area contributed by atoms with E-state index in [1.54, 1.807) is 17.0 Å². The summed E-state index contributed by atoms with van der Waals surface area (Å²) in [5.74, 6) is -0.215. The summed E-state index contributed by atoms with van der Waals surface area (Å²) < 4.78 is 12.9. The molecule has 4 rings (SSSR count). The number of hydrogen-bond donors (Lipinski definition) is 0. The maximum absolute atomic E-state index is 10.8. The van der Waals surface area contributed by atoms with Gasteiger partial charge < -0.3 is 19.6 Å². The third-order valence-electron chi connectivity index (χ3n) is 4.17. The first-order chi connectivity index (χ1) is 12.7. The molecule has 1 aliphatic heterocycles. The molecule has 132 valence electrons. The number of imidazole rings is 1. The van der Waals surface area contributed by atoms with E-state index in [0.29, 0.717) is 19.8 Å². The first-order valence-corrected chi connectivity index (χ1v) is 8.14. The van der Waals surface area contributed by atoms with Gasteiger partial charge in [0.25, 0.3) is 0 Å². The maximum atomic E-state index is 10.8. The van der Waals surface area contributed by atoms with E-state index in [4.69, 9.17) is 9.47 Å². The Morgan fingerprint density at radius 3 is 2.65 bits per heavy atom. The van der Waals surface area contributed by atoms with Crippen molar-refractivity contribution in [2.45, 2.75) is 19.3 Å². The van der Waals surface area contributed by atoms with Gasteiger partial charge in [-0.15, -0.1) is 0 Å². The molecule has 8 nitrogen and oxygen atoms in total. The Morgan fingerprint density at radius 2 is 1.92 bits per heavy atom. The van der Waals surface area contributed by atoms with Crippen LogP contribution in [0, 0.1) is 10.1 Å². The van der Waals surface area contributed by atoms with Crippen molar-refractivity contribution >= 4 is 5.82 Å². The van der Waals surface area contributed by atoms with Gasteiger partial charge in [0, 0.05) is 17.4 Å². The van der Waals surface area contributed by atoms with Crippen LogP contribution in [0.3, 0.4) is 0 Å². The van der Waals surface area contributed by atoms with Crippen molar-refractivity contribution in [3.8, 4) is 17.1 Å². The van der Waals surface area contributed by atoms with E-state index in [0.717, 1.165) is 16.7 Å². The monoisotopic (exact) mass is 352 g/mol. The number of nitro groups is 1. The van der Waals surface area contributed by atoms with Crippen LogP contribution in [0.4, 0.5) is 5.82 Å². The van der Waals surface area contributed by atoms with E-state index < -0.39 is 4.92 Å². The fourth-order valence-electron chi connectivity index (χ4n) is 2.81. The largest absolute Gasteiger partial charge is 0.443 e. The summed E-state index contributed by atoms with van der Waals surface area (Å²) >= 11 is 0. The zero-order chi connectivity index (χ0) is 17.9. The Labute approximate surface area is 149 Å². The number of ether oxygens (including phenoxy) is 2. The third-order valence-corrected chi connectivity index (χ3v) is 4.17. The lowest BCUT2D eigenvalue weighted by Gasteiger charge is -2.22. The van der Waals surface area contributed by atoms with Gasteiger partial charge in [-0.2, -0.15) is 0 Å². The highest BCUT2D eigenvalue weighted by Crippen LogP contribution is 2.23. The van der Waals surface area contributed by atoms with Gasteiger partial charge in [0.05, 0.1) is 13.2 Å². The zero-order valence-corrected chi connectivity index (χ0v) is 13.8. The highest BCUT2D eigenvalue weighted by molar-refractivity contribution is 5.62. The van der Waals surface area contributed by atoms with Crippen molar-refractivity contribution in [3.05, 3.63) is 70.7 Å². The van der Waals surface area contributed by atoms with Crippen LogP contribution in [-0.4, -0.2) is 32.2 Å². The van der Waals surface area contributed by atoms with Crippen molar-refractivity contribution < 1.29 is 14.4 Å². The smallest absolute Gasteiger partial charge is 0.414 e. The summed E-state index contributed by atoms with van der Waals surface area (Å²) in [6.45, 7) is 1.24. The number of nitrogens with zero attached hydrogens (tertiary/aromatic N) is 4. The molecule has 0 amide bonds. The van der Waals surface area contributed by atoms with Crippen LogP contribution in [0.1, 0.15) is 5.56 Å². The third kappa shape index (κ3) is 3.40. The number of hydrogen-bond acceptors (Lipinski definition) is 6. The molecule has 0 aliphatic carbocycles. The van der Waals surface area contributed by atoms with Gasteiger partial charge >= 0.3 is 11.8 Å². The second-order valence-electron chi connectivity index (χ2n) is 5.97. The molecule has 0 N–H and O–H groups in total. The fourth-order valence-corrected chi connectivity index (χ4v) is 2.81. The first kappa shape index (κ1) is 16.2. The molecule has 3 aromatic rings. The average molecular weight is 352 g/mol. The van der Waals surface area contributed by atoms with E-state index in [1.807, 2.05) is 36.4 Å². The van der Waals surface area contributed by atoms with Gasteiger partial charge in [-0.3, -0.25) is 9.55 Å². The van der Waals surface area contributed by atoms with Crippen LogP contribution in [0.25, 0.3) is 11.1 Å². The number of fused-ring (bicyclic) bond motifs is 1. The van der Waals surface area contributed by atoms with Gasteiger partial charge in [0.1, 0.15) is 18.9 Å². The summed E-state index contributed by atoms with van der Waals surface area (Å²) in [5.41, 5.74) is 3.28. The van der Waals surface area contributed by atoms with Crippen molar-refractivity contribution in [2.75, 3.05) is 6.61 Å². The van der Waals surface area contributed by atoms with Gasteiger partial charge in [-0.05, 0) is 33.7 Å². The molecule has 1 aliphatic rings. The topological polar surface area (TPSA) is 92.3 Å². The molecule has 0 saturated heterocycles. The summed E-state index contributed by atoms with van der Waals surface area (Å²) in [5, 5.41) is 10.8. The van der Waals surface area contributed by atoms with Crippen molar-refractivity contribution in [1.29, 1.82) is 0 Å². The molecule has 3 heterocycles. The summed E-state index contributed by atoms with van der Waals surface area (Å²) in [6.07, 6.45) is 4.72.